The molecule has 0 radical (unpaired) electrons. The molecule has 0 fully saturated rings. The Morgan fingerprint density at radius 2 is 1.46 bits per heavy atom. The Labute approximate surface area is 164 Å². The third kappa shape index (κ3) is 4.69. The molecule has 0 aliphatic carbocycles. The average molecular weight is 395 g/mol. The lowest BCUT2D eigenvalue weighted by molar-refractivity contribution is -0.119. The maximum Gasteiger partial charge on any atom is 0.245 e. The fourth-order valence-electron chi connectivity index (χ4n) is 3.05. The lowest BCUT2D eigenvalue weighted by atomic mass is 10.0. The second kappa shape index (κ2) is 8.14. The highest BCUT2D eigenvalue weighted by molar-refractivity contribution is 7.92. The van der Waals surface area contributed by atoms with E-state index in [0.717, 1.165) is 17.5 Å². The number of nitrogens with one attached hydrogen (secondary N) is 1. The minimum atomic E-state index is -3.43. The van der Waals surface area contributed by atoms with Gasteiger partial charge in [-0.3, -0.25) is 9.52 Å². The van der Waals surface area contributed by atoms with E-state index in [1.54, 1.807) is 29.2 Å². The largest absolute Gasteiger partial charge is 0.368 e. The Morgan fingerprint density at radius 3 is 2.04 bits per heavy atom. The number of primary amides is 1. The Balaban J connectivity index is 2.15. The zero-order chi connectivity index (χ0) is 20.1. The number of anilines is 3. The number of nitrogens with zero attached hydrogens (tertiary/aromatic N) is 1. The molecule has 1 amide bonds. The Morgan fingerprint density at radius 1 is 0.893 bits per heavy atom. The van der Waals surface area contributed by atoms with Crippen LogP contribution in [0.4, 0.5) is 17.1 Å². The highest BCUT2D eigenvalue weighted by Gasteiger charge is 2.27. The van der Waals surface area contributed by atoms with Crippen molar-refractivity contribution in [2.24, 2.45) is 5.73 Å². The normalized spacial score (nSPS) is 12.2. The molecule has 28 heavy (non-hydrogen) atoms. The van der Waals surface area contributed by atoms with E-state index in [1.807, 2.05) is 60.7 Å². The van der Waals surface area contributed by atoms with Gasteiger partial charge in [0.05, 0.1) is 11.9 Å². The lowest BCUT2D eigenvalue weighted by Crippen LogP contribution is -2.35. The first-order valence-corrected chi connectivity index (χ1v) is 10.5. The Hall–Kier alpha value is -3.32. The van der Waals surface area contributed by atoms with Crippen molar-refractivity contribution in [2.45, 2.75) is 6.04 Å². The first-order chi connectivity index (χ1) is 13.3. The van der Waals surface area contributed by atoms with Crippen molar-refractivity contribution in [3.63, 3.8) is 0 Å². The molecule has 0 aliphatic heterocycles. The molecule has 0 heterocycles. The summed E-state index contributed by atoms with van der Waals surface area (Å²) in [6.07, 6.45) is 1.09. The highest BCUT2D eigenvalue weighted by Crippen LogP contribution is 2.36. The quantitative estimate of drug-likeness (QED) is 0.641. The van der Waals surface area contributed by atoms with Gasteiger partial charge in [0.25, 0.3) is 0 Å². The first-order valence-electron chi connectivity index (χ1n) is 8.61. The molecule has 3 N–H and O–H groups in total. The summed E-state index contributed by atoms with van der Waals surface area (Å²) in [5, 5.41) is 0. The SMILES string of the molecule is CS(=O)(=O)Nc1cccc(N(c2ccccc2)C(C(N)=O)c2ccccc2)c1. The number of benzene rings is 3. The van der Waals surface area contributed by atoms with Crippen LogP contribution in [0.1, 0.15) is 11.6 Å². The van der Waals surface area contributed by atoms with Crippen LogP contribution in [0.2, 0.25) is 0 Å². The van der Waals surface area contributed by atoms with E-state index in [4.69, 9.17) is 5.73 Å². The first kappa shape index (κ1) is 19.4. The van der Waals surface area contributed by atoms with Gasteiger partial charge in [0, 0.05) is 11.4 Å². The van der Waals surface area contributed by atoms with Crippen molar-refractivity contribution >= 4 is 33.0 Å². The molecule has 0 aromatic heterocycles. The van der Waals surface area contributed by atoms with E-state index in [-0.39, 0.29) is 0 Å². The molecular weight excluding hydrogens is 374 g/mol. The number of hydrogen-bond donors (Lipinski definition) is 2. The van der Waals surface area contributed by atoms with Crippen LogP contribution in [0, 0.1) is 0 Å². The topological polar surface area (TPSA) is 92.5 Å². The van der Waals surface area contributed by atoms with Crippen molar-refractivity contribution < 1.29 is 13.2 Å². The number of para-hydroxylation sites is 1. The van der Waals surface area contributed by atoms with Crippen molar-refractivity contribution in [3.05, 3.63) is 90.5 Å². The van der Waals surface area contributed by atoms with Crippen LogP contribution in [0.25, 0.3) is 0 Å². The number of carbonyl (C=O) groups is 1. The smallest absolute Gasteiger partial charge is 0.245 e. The molecule has 3 aromatic rings. The van der Waals surface area contributed by atoms with E-state index in [0.29, 0.717) is 11.4 Å². The van der Waals surface area contributed by atoms with E-state index >= 15 is 0 Å². The van der Waals surface area contributed by atoms with Crippen molar-refractivity contribution in [1.29, 1.82) is 0 Å². The number of hydrogen-bond acceptors (Lipinski definition) is 4. The zero-order valence-electron chi connectivity index (χ0n) is 15.3. The van der Waals surface area contributed by atoms with Crippen LogP contribution in [0.3, 0.4) is 0 Å². The summed E-state index contributed by atoms with van der Waals surface area (Å²) in [7, 11) is -3.43. The average Bonchev–Trinajstić information content (AvgIpc) is 2.66. The van der Waals surface area contributed by atoms with Gasteiger partial charge < -0.3 is 10.6 Å². The molecule has 0 saturated carbocycles. The number of rotatable bonds is 7. The van der Waals surface area contributed by atoms with Gasteiger partial charge in [-0.25, -0.2) is 8.42 Å². The number of carbonyl (C=O) groups excluding carboxylic acids is 1. The van der Waals surface area contributed by atoms with Crippen LogP contribution < -0.4 is 15.4 Å². The van der Waals surface area contributed by atoms with Gasteiger partial charge in [-0.05, 0) is 35.9 Å². The predicted octanol–water partition coefficient (Wildman–Crippen LogP) is 3.42. The van der Waals surface area contributed by atoms with Crippen molar-refractivity contribution in [3.8, 4) is 0 Å². The minimum Gasteiger partial charge on any atom is -0.368 e. The molecule has 0 saturated heterocycles. The summed E-state index contributed by atoms with van der Waals surface area (Å²) in [5.41, 5.74) is 8.32. The van der Waals surface area contributed by atoms with Gasteiger partial charge in [-0.15, -0.1) is 0 Å². The summed E-state index contributed by atoms with van der Waals surface area (Å²) in [4.78, 5) is 14.3. The monoisotopic (exact) mass is 395 g/mol. The Bertz CT molecular complexity index is 1050. The fourth-order valence-corrected chi connectivity index (χ4v) is 3.60. The molecule has 144 valence electrons. The van der Waals surface area contributed by atoms with Gasteiger partial charge in [-0.2, -0.15) is 0 Å². The minimum absolute atomic E-state index is 0.400. The molecule has 1 unspecified atom stereocenters. The van der Waals surface area contributed by atoms with Crippen LogP contribution in [0.15, 0.2) is 84.9 Å². The second-order valence-electron chi connectivity index (χ2n) is 6.35. The van der Waals surface area contributed by atoms with Gasteiger partial charge in [-0.1, -0.05) is 54.6 Å². The molecule has 3 rings (SSSR count). The lowest BCUT2D eigenvalue weighted by Gasteiger charge is -2.32. The zero-order valence-corrected chi connectivity index (χ0v) is 16.1. The summed E-state index contributed by atoms with van der Waals surface area (Å²) in [5.74, 6) is -0.517. The molecule has 0 spiro atoms. The maximum absolute atomic E-state index is 12.5. The van der Waals surface area contributed by atoms with E-state index < -0.39 is 22.0 Å². The molecule has 0 bridgehead atoms. The van der Waals surface area contributed by atoms with Crippen molar-refractivity contribution in [1.82, 2.24) is 0 Å². The Kier molecular flexibility index (Phi) is 5.65. The summed E-state index contributed by atoms with van der Waals surface area (Å²) < 4.78 is 25.7. The van der Waals surface area contributed by atoms with Crippen LogP contribution in [-0.4, -0.2) is 20.6 Å². The third-order valence-electron chi connectivity index (χ3n) is 4.10. The summed E-state index contributed by atoms with van der Waals surface area (Å²) in [6.45, 7) is 0. The molecular formula is C21H21N3O3S. The third-order valence-corrected chi connectivity index (χ3v) is 4.71. The fraction of sp³-hybridized carbons (Fsp3) is 0.0952. The standard InChI is InChI=1S/C21H21N3O3S/c1-28(26,27)23-17-11-8-14-19(15-17)24(18-12-6-3-7-13-18)20(21(22)25)16-9-4-2-5-10-16/h2-15,20,23H,1H3,(H2,22,25). The summed E-state index contributed by atoms with van der Waals surface area (Å²) >= 11 is 0. The second-order valence-corrected chi connectivity index (χ2v) is 8.09. The van der Waals surface area contributed by atoms with Crippen LogP contribution in [0.5, 0.6) is 0 Å². The molecule has 0 aliphatic rings. The number of nitrogens with two attached hydrogens (primary N) is 1. The van der Waals surface area contributed by atoms with E-state index in [2.05, 4.69) is 4.72 Å². The predicted molar refractivity (Wildman–Crippen MR) is 112 cm³/mol. The van der Waals surface area contributed by atoms with E-state index in [1.165, 1.54) is 0 Å². The highest BCUT2D eigenvalue weighted by atomic mass is 32.2. The van der Waals surface area contributed by atoms with Gasteiger partial charge >= 0.3 is 0 Å². The molecule has 7 heteroatoms. The number of amides is 1. The van der Waals surface area contributed by atoms with Gasteiger partial charge in [0.1, 0.15) is 6.04 Å². The summed E-state index contributed by atoms with van der Waals surface area (Å²) in [6, 6.07) is 24.7. The van der Waals surface area contributed by atoms with Gasteiger partial charge in [0.15, 0.2) is 0 Å². The molecule has 3 aromatic carbocycles. The van der Waals surface area contributed by atoms with Crippen LogP contribution >= 0.6 is 0 Å². The number of sulfonamides is 1. The molecule has 1 atom stereocenters. The van der Waals surface area contributed by atoms with Crippen molar-refractivity contribution in [2.75, 3.05) is 15.9 Å². The molecule has 6 nitrogen and oxygen atoms in total. The van der Waals surface area contributed by atoms with Gasteiger partial charge in [0.2, 0.25) is 15.9 Å². The van der Waals surface area contributed by atoms with E-state index in [9.17, 15) is 13.2 Å². The maximum atomic E-state index is 12.5. The van der Waals surface area contributed by atoms with Crippen LogP contribution in [-0.2, 0) is 14.8 Å².